The van der Waals surface area contributed by atoms with Crippen LogP contribution in [0.3, 0.4) is 0 Å². The third-order valence-electron chi connectivity index (χ3n) is 4.91. The minimum atomic E-state index is -0.893. The predicted octanol–water partition coefficient (Wildman–Crippen LogP) is 3.25. The quantitative estimate of drug-likeness (QED) is 0.859. The van der Waals surface area contributed by atoms with Crippen LogP contribution in [-0.2, 0) is 16.9 Å². The first-order valence-electron chi connectivity index (χ1n) is 7.94. The highest BCUT2D eigenvalue weighted by Gasteiger charge is 2.46. The van der Waals surface area contributed by atoms with Crippen molar-refractivity contribution in [3.63, 3.8) is 0 Å². The lowest BCUT2D eigenvalue weighted by Gasteiger charge is -2.39. The SMILES string of the molecule is OC1OC2(CCN(Cc3ccccc3)CC2)c2cc(Cl)ncc21. The normalized spacial score (nSPS) is 23.1. The van der Waals surface area contributed by atoms with E-state index in [1.165, 1.54) is 5.56 Å². The number of rotatable bonds is 2. The molecule has 2 aliphatic heterocycles. The Morgan fingerprint density at radius 2 is 2.00 bits per heavy atom. The molecule has 0 saturated carbocycles. The summed E-state index contributed by atoms with van der Waals surface area (Å²) < 4.78 is 5.94. The maximum Gasteiger partial charge on any atom is 0.184 e. The highest BCUT2D eigenvalue weighted by atomic mass is 35.5. The number of halogens is 1. The Kier molecular flexibility index (Phi) is 3.85. The lowest BCUT2D eigenvalue weighted by molar-refractivity contribution is -0.189. The molecule has 0 amide bonds. The van der Waals surface area contributed by atoms with Crippen LogP contribution in [0.2, 0.25) is 5.15 Å². The van der Waals surface area contributed by atoms with Gasteiger partial charge in [0.15, 0.2) is 6.29 Å². The number of hydrogen-bond acceptors (Lipinski definition) is 4. The van der Waals surface area contributed by atoms with E-state index in [4.69, 9.17) is 16.3 Å². The maximum absolute atomic E-state index is 10.2. The molecule has 0 aliphatic carbocycles. The van der Waals surface area contributed by atoms with Gasteiger partial charge in [-0.15, -0.1) is 0 Å². The number of aliphatic hydroxyl groups is 1. The molecule has 1 unspecified atom stereocenters. The lowest BCUT2D eigenvalue weighted by atomic mass is 9.84. The van der Waals surface area contributed by atoms with Gasteiger partial charge in [0.2, 0.25) is 0 Å². The van der Waals surface area contributed by atoms with Gasteiger partial charge in [0.1, 0.15) is 5.15 Å². The molecular formula is C18H19ClN2O2. The van der Waals surface area contributed by atoms with Gasteiger partial charge in [-0.25, -0.2) is 4.98 Å². The first kappa shape index (κ1) is 15.1. The molecule has 120 valence electrons. The number of hydrogen-bond donors (Lipinski definition) is 1. The molecule has 1 spiro atoms. The number of likely N-dealkylation sites (tertiary alicyclic amines) is 1. The van der Waals surface area contributed by atoms with Crippen molar-refractivity contribution in [2.75, 3.05) is 13.1 Å². The average molecular weight is 331 g/mol. The molecule has 0 radical (unpaired) electrons. The number of benzene rings is 1. The Bertz CT molecular complexity index is 699. The summed E-state index contributed by atoms with van der Waals surface area (Å²) in [5, 5.41) is 10.6. The van der Waals surface area contributed by atoms with Crippen molar-refractivity contribution in [2.24, 2.45) is 0 Å². The molecule has 4 nitrogen and oxygen atoms in total. The van der Waals surface area contributed by atoms with E-state index in [-0.39, 0.29) is 0 Å². The molecule has 1 atom stereocenters. The van der Waals surface area contributed by atoms with Gasteiger partial charge in [-0.1, -0.05) is 41.9 Å². The maximum atomic E-state index is 10.2. The second-order valence-corrected chi connectivity index (χ2v) is 6.71. The van der Waals surface area contributed by atoms with Gasteiger partial charge in [-0.2, -0.15) is 0 Å². The number of aliphatic hydroxyl groups excluding tert-OH is 1. The van der Waals surface area contributed by atoms with E-state index in [9.17, 15) is 5.11 Å². The molecule has 0 bridgehead atoms. The molecule has 1 aromatic heterocycles. The molecule has 2 aliphatic rings. The smallest absolute Gasteiger partial charge is 0.184 e. The summed E-state index contributed by atoms with van der Waals surface area (Å²) in [6.45, 7) is 2.81. The third-order valence-corrected chi connectivity index (χ3v) is 5.11. The molecule has 1 aromatic carbocycles. The van der Waals surface area contributed by atoms with Gasteiger partial charge in [0.25, 0.3) is 0 Å². The summed E-state index contributed by atoms with van der Waals surface area (Å²) >= 11 is 6.05. The lowest BCUT2D eigenvalue weighted by Crippen LogP contribution is -2.42. The van der Waals surface area contributed by atoms with Crippen molar-refractivity contribution < 1.29 is 9.84 Å². The summed E-state index contributed by atoms with van der Waals surface area (Å²) in [6.07, 6.45) is 2.44. The minimum absolute atomic E-state index is 0.422. The number of aromatic nitrogens is 1. The molecular weight excluding hydrogens is 312 g/mol. The van der Waals surface area contributed by atoms with Crippen LogP contribution in [0.25, 0.3) is 0 Å². The van der Waals surface area contributed by atoms with Crippen molar-refractivity contribution in [3.05, 3.63) is 64.4 Å². The number of nitrogens with zero attached hydrogens (tertiary/aromatic N) is 2. The second-order valence-electron chi connectivity index (χ2n) is 6.32. The summed E-state index contributed by atoms with van der Waals surface area (Å²) in [7, 11) is 0. The second kappa shape index (κ2) is 5.87. The Morgan fingerprint density at radius 3 is 2.74 bits per heavy atom. The minimum Gasteiger partial charge on any atom is -0.364 e. The van der Waals surface area contributed by atoms with Gasteiger partial charge in [-0.05, 0) is 30.0 Å². The molecule has 3 heterocycles. The number of piperidine rings is 1. The summed E-state index contributed by atoms with van der Waals surface area (Å²) in [5.74, 6) is 0. The number of pyridine rings is 1. The third kappa shape index (κ3) is 2.76. The largest absolute Gasteiger partial charge is 0.364 e. The molecule has 4 rings (SSSR count). The highest BCUT2D eigenvalue weighted by molar-refractivity contribution is 6.29. The number of fused-ring (bicyclic) bond motifs is 2. The fourth-order valence-corrected chi connectivity index (χ4v) is 3.83. The van der Waals surface area contributed by atoms with Crippen molar-refractivity contribution in [1.82, 2.24) is 9.88 Å². The van der Waals surface area contributed by atoms with Crippen molar-refractivity contribution >= 4 is 11.6 Å². The van der Waals surface area contributed by atoms with Gasteiger partial charge < -0.3 is 9.84 Å². The van der Waals surface area contributed by atoms with Crippen LogP contribution in [0.4, 0.5) is 0 Å². The molecule has 1 saturated heterocycles. The van der Waals surface area contributed by atoms with E-state index >= 15 is 0 Å². The first-order valence-corrected chi connectivity index (χ1v) is 8.32. The Morgan fingerprint density at radius 1 is 1.26 bits per heavy atom. The van der Waals surface area contributed by atoms with E-state index < -0.39 is 11.9 Å². The van der Waals surface area contributed by atoms with Crippen LogP contribution in [0.15, 0.2) is 42.6 Å². The van der Waals surface area contributed by atoms with Crippen LogP contribution in [-0.4, -0.2) is 28.1 Å². The van der Waals surface area contributed by atoms with Crippen LogP contribution < -0.4 is 0 Å². The fraction of sp³-hybridized carbons (Fsp3) is 0.389. The van der Waals surface area contributed by atoms with Crippen LogP contribution in [0.5, 0.6) is 0 Å². The average Bonchev–Trinajstić information content (AvgIpc) is 2.83. The van der Waals surface area contributed by atoms with Gasteiger partial charge in [0, 0.05) is 31.4 Å². The van der Waals surface area contributed by atoms with Crippen LogP contribution in [0, 0.1) is 0 Å². The Labute approximate surface area is 140 Å². The summed E-state index contributed by atoms with van der Waals surface area (Å²) in [4.78, 5) is 6.49. The molecule has 2 aromatic rings. The van der Waals surface area contributed by atoms with Crippen LogP contribution in [0.1, 0.15) is 35.8 Å². The van der Waals surface area contributed by atoms with E-state index in [1.54, 1.807) is 6.20 Å². The van der Waals surface area contributed by atoms with E-state index in [0.717, 1.165) is 43.6 Å². The van der Waals surface area contributed by atoms with Gasteiger partial charge in [0.05, 0.1) is 5.60 Å². The van der Waals surface area contributed by atoms with Gasteiger partial charge >= 0.3 is 0 Å². The van der Waals surface area contributed by atoms with E-state index in [1.807, 2.05) is 12.1 Å². The zero-order valence-electron chi connectivity index (χ0n) is 12.8. The molecule has 1 fully saturated rings. The van der Waals surface area contributed by atoms with E-state index in [0.29, 0.717) is 5.15 Å². The Hall–Kier alpha value is -1.46. The highest BCUT2D eigenvalue weighted by Crippen LogP contribution is 2.48. The first-order chi connectivity index (χ1) is 11.2. The summed E-state index contributed by atoms with van der Waals surface area (Å²) in [6, 6.07) is 12.3. The zero-order chi connectivity index (χ0) is 15.9. The van der Waals surface area contributed by atoms with Crippen molar-refractivity contribution in [3.8, 4) is 0 Å². The van der Waals surface area contributed by atoms with Crippen LogP contribution >= 0.6 is 11.6 Å². The van der Waals surface area contributed by atoms with Crippen molar-refractivity contribution in [2.45, 2.75) is 31.3 Å². The molecule has 23 heavy (non-hydrogen) atoms. The van der Waals surface area contributed by atoms with E-state index in [2.05, 4.69) is 34.1 Å². The fourth-order valence-electron chi connectivity index (χ4n) is 3.67. The van der Waals surface area contributed by atoms with Crippen molar-refractivity contribution in [1.29, 1.82) is 0 Å². The monoisotopic (exact) mass is 330 g/mol. The Balaban J connectivity index is 1.51. The number of ether oxygens (including phenoxy) is 1. The topological polar surface area (TPSA) is 45.6 Å². The van der Waals surface area contributed by atoms with Gasteiger partial charge in [-0.3, -0.25) is 4.90 Å². The molecule has 1 N–H and O–H groups in total. The predicted molar refractivity (Wildman–Crippen MR) is 87.9 cm³/mol. The molecule has 5 heteroatoms. The standard InChI is InChI=1S/C18H19ClN2O2/c19-16-10-15-14(11-20-16)17(22)23-18(15)6-8-21(9-7-18)12-13-4-2-1-3-5-13/h1-5,10-11,17,22H,6-9,12H2. The zero-order valence-corrected chi connectivity index (χ0v) is 13.5. The summed E-state index contributed by atoms with van der Waals surface area (Å²) in [5.41, 5.74) is 2.66.